The lowest BCUT2D eigenvalue weighted by molar-refractivity contribution is 0.440. The largest absolute Gasteiger partial charge is 0.322 e. The number of hydrogen-bond donors (Lipinski definition) is 2. The number of allylic oxidation sites excluding steroid dienone is 2. The van der Waals surface area contributed by atoms with Crippen molar-refractivity contribution in [1.82, 2.24) is 20.2 Å². The SMILES string of the molecule is Cn1nnnc1C1(N)C=CC=CC1N. The van der Waals surface area contributed by atoms with Gasteiger partial charge in [0.05, 0.1) is 6.04 Å². The van der Waals surface area contributed by atoms with E-state index >= 15 is 0 Å². The van der Waals surface area contributed by atoms with Crippen molar-refractivity contribution in [2.75, 3.05) is 0 Å². The topological polar surface area (TPSA) is 95.6 Å². The molecule has 2 unspecified atom stereocenters. The third-order valence-corrected chi connectivity index (χ3v) is 2.36. The molecule has 1 aromatic rings. The van der Waals surface area contributed by atoms with E-state index < -0.39 is 5.54 Å². The van der Waals surface area contributed by atoms with Crippen molar-refractivity contribution in [3.8, 4) is 0 Å². The summed E-state index contributed by atoms with van der Waals surface area (Å²) in [6.07, 6.45) is 7.34. The van der Waals surface area contributed by atoms with Crippen LogP contribution in [-0.4, -0.2) is 26.2 Å². The van der Waals surface area contributed by atoms with E-state index in [9.17, 15) is 0 Å². The molecular formula is C8H12N6. The molecule has 0 fully saturated rings. The van der Waals surface area contributed by atoms with Crippen LogP contribution in [0.2, 0.25) is 0 Å². The van der Waals surface area contributed by atoms with Crippen LogP contribution in [0.25, 0.3) is 0 Å². The highest BCUT2D eigenvalue weighted by Crippen LogP contribution is 2.23. The Balaban J connectivity index is 2.47. The molecule has 1 aromatic heterocycles. The lowest BCUT2D eigenvalue weighted by Crippen LogP contribution is -2.52. The molecule has 0 radical (unpaired) electrons. The maximum atomic E-state index is 6.14. The molecule has 0 aliphatic heterocycles. The number of nitrogens with two attached hydrogens (primary N) is 2. The van der Waals surface area contributed by atoms with Crippen LogP contribution in [0.4, 0.5) is 0 Å². The van der Waals surface area contributed by atoms with Gasteiger partial charge in [-0.3, -0.25) is 0 Å². The van der Waals surface area contributed by atoms with E-state index in [1.54, 1.807) is 7.05 Å². The molecule has 0 spiro atoms. The second kappa shape index (κ2) is 3.00. The summed E-state index contributed by atoms with van der Waals surface area (Å²) in [6.45, 7) is 0. The smallest absolute Gasteiger partial charge is 0.176 e. The molecule has 2 rings (SSSR count). The van der Waals surface area contributed by atoms with Crippen LogP contribution in [0, 0.1) is 0 Å². The Morgan fingerprint density at radius 1 is 1.50 bits per heavy atom. The van der Waals surface area contributed by atoms with Gasteiger partial charge in [-0.2, -0.15) is 0 Å². The van der Waals surface area contributed by atoms with Crippen LogP contribution in [0.15, 0.2) is 24.3 Å². The Kier molecular flexibility index (Phi) is 1.94. The molecule has 4 N–H and O–H groups in total. The fourth-order valence-electron chi connectivity index (χ4n) is 1.49. The summed E-state index contributed by atoms with van der Waals surface area (Å²) in [5.74, 6) is 0.561. The first-order valence-electron chi connectivity index (χ1n) is 4.28. The Bertz CT molecular complexity index is 392. The van der Waals surface area contributed by atoms with Crippen LogP contribution in [-0.2, 0) is 12.6 Å². The van der Waals surface area contributed by atoms with Crippen LogP contribution < -0.4 is 11.5 Å². The number of aromatic nitrogens is 4. The van der Waals surface area contributed by atoms with E-state index in [2.05, 4.69) is 15.5 Å². The maximum absolute atomic E-state index is 6.14. The molecule has 1 aliphatic carbocycles. The standard InChI is InChI=1S/C8H12N6/c1-14-7(11-12-13-14)8(10)5-3-2-4-6(8)9/h2-6H,9-10H2,1H3. The van der Waals surface area contributed by atoms with Crippen molar-refractivity contribution < 1.29 is 0 Å². The molecule has 0 aromatic carbocycles. The van der Waals surface area contributed by atoms with Gasteiger partial charge < -0.3 is 11.5 Å². The molecule has 6 nitrogen and oxygen atoms in total. The quantitative estimate of drug-likeness (QED) is 0.583. The summed E-state index contributed by atoms with van der Waals surface area (Å²) in [5.41, 5.74) is 11.2. The van der Waals surface area contributed by atoms with E-state index in [1.165, 1.54) is 4.68 Å². The molecule has 2 atom stereocenters. The second-order valence-electron chi connectivity index (χ2n) is 3.33. The average molecular weight is 192 g/mol. The predicted molar refractivity (Wildman–Crippen MR) is 50.9 cm³/mol. The third-order valence-electron chi connectivity index (χ3n) is 2.36. The molecule has 6 heteroatoms. The maximum Gasteiger partial charge on any atom is 0.176 e. The van der Waals surface area contributed by atoms with Gasteiger partial charge in [0.25, 0.3) is 0 Å². The predicted octanol–water partition coefficient (Wildman–Crippen LogP) is -1.18. The van der Waals surface area contributed by atoms with E-state index in [1.807, 2.05) is 24.3 Å². The number of hydrogen-bond acceptors (Lipinski definition) is 5. The van der Waals surface area contributed by atoms with Crippen LogP contribution in [0.1, 0.15) is 5.82 Å². The van der Waals surface area contributed by atoms with Crippen molar-refractivity contribution in [3.05, 3.63) is 30.1 Å². The molecule has 0 amide bonds. The molecular weight excluding hydrogens is 180 g/mol. The van der Waals surface area contributed by atoms with E-state index in [0.29, 0.717) is 5.82 Å². The zero-order valence-electron chi connectivity index (χ0n) is 7.83. The summed E-state index contributed by atoms with van der Waals surface area (Å²) in [5, 5.41) is 11.2. The van der Waals surface area contributed by atoms with Crippen molar-refractivity contribution in [3.63, 3.8) is 0 Å². The van der Waals surface area contributed by atoms with Gasteiger partial charge in [0, 0.05) is 7.05 Å². The van der Waals surface area contributed by atoms with Gasteiger partial charge in [-0.05, 0) is 10.4 Å². The zero-order valence-corrected chi connectivity index (χ0v) is 7.83. The van der Waals surface area contributed by atoms with Gasteiger partial charge in [-0.1, -0.05) is 24.3 Å². The fraction of sp³-hybridized carbons (Fsp3) is 0.375. The molecule has 0 bridgehead atoms. The first kappa shape index (κ1) is 9.04. The first-order valence-corrected chi connectivity index (χ1v) is 4.28. The lowest BCUT2D eigenvalue weighted by Gasteiger charge is -2.30. The molecule has 0 saturated heterocycles. The van der Waals surface area contributed by atoms with Crippen molar-refractivity contribution >= 4 is 0 Å². The van der Waals surface area contributed by atoms with Crippen LogP contribution >= 0.6 is 0 Å². The summed E-state index contributed by atoms with van der Waals surface area (Å²) in [6, 6.07) is -0.308. The number of rotatable bonds is 1. The highest BCUT2D eigenvalue weighted by Gasteiger charge is 2.36. The zero-order chi connectivity index (χ0) is 10.2. The van der Waals surface area contributed by atoms with E-state index in [0.717, 1.165) is 0 Å². The minimum Gasteiger partial charge on any atom is -0.322 e. The molecule has 0 saturated carbocycles. The third kappa shape index (κ3) is 1.16. The number of tetrazole rings is 1. The molecule has 1 heterocycles. The summed E-state index contributed by atoms with van der Waals surface area (Å²) in [7, 11) is 1.74. The van der Waals surface area contributed by atoms with E-state index in [4.69, 9.17) is 11.5 Å². The van der Waals surface area contributed by atoms with Crippen molar-refractivity contribution in [1.29, 1.82) is 0 Å². The van der Waals surface area contributed by atoms with Crippen molar-refractivity contribution in [2.24, 2.45) is 18.5 Å². The Hall–Kier alpha value is -1.53. The average Bonchev–Trinajstić information content (AvgIpc) is 2.57. The summed E-state index contributed by atoms with van der Waals surface area (Å²) < 4.78 is 1.53. The highest BCUT2D eigenvalue weighted by molar-refractivity contribution is 5.30. The van der Waals surface area contributed by atoms with Gasteiger partial charge in [0.15, 0.2) is 5.82 Å². The summed E-state index contributed by atoms with van der Waals surface area (Å²) in [4.78, 5) is 0. The second-order valence-corrected chi connectivity index (χ2v) is 3.33. The first-order chi connectivity index (χ1) is 6.64. The normalized spacial score (nSPS) is 30.9. The Morgan fingerprint density at radius 3 is 2.86 bits per heavy atom. The molecule has 74 valence electrons. The van der Waals surface area contributed by atoms with Gasteiger partial charge in [0.2, 0.25) is 0 Å². The number of nitrogens with zero attached hydrogens (tertiary/aromatic N) is 4. The van der Waals surface area contributed by atoms with Crippen molar-refractivity contribution in [2.45, 2.75) is 11.6 Å². The Labute approximate surface area is 81.3 Å². The van der Waals surface area contributed by atoms with Crippen LogP contribution in [0.5, 0.6) is 0 Å². The van der Waals surface area contributed by atoms with Gasteiger partial charge in [0.1, 0.15) is 5.54 Å². The van der Waals surface area contributed by atoms with Gasteiger partial charge >= 0.3 is 0 Å². The lowest BCUT2D eigenvalue weighted by atomic mass is 9.87. The monoisotopic (exact) mass is 192 g/mol. The van der Waals surface area contributed by atoms with Crippen LogP contribution in [0.3, 0.4) is 0 Å². The summed E-state index contributed by atoms with van der Waals surface area (Å²) >= 11 is 0. The van der Waals surface area contributed by atoms with Gasteiger partial charge in [-0.15, -0.1) is 5.10 Å². The number of aryl methyl sites for hydroxylation is 1. The minimum atomic E-state index is -0.812. The van der Waals surface area contributed by atoms with E-state index in [-0.39, 0.29) is 6.04 Å². The van der Waals surface area contributed by atoms with Gasteiger partial charge in [-0.25, -0.2) is 4.68 Å². The molecule has 1 aliphatic rings. The fourth-order valence-corrected chi connectivity index (χ4v) is 1.49. The Morgan fingerprint density at radius 2 is 2.29 bits per heavy atom. The highest BCUT2D eigenvalue weighted by atomic mass is 15.5. The molecule has 14 heavy (non-hydrogen) atoms. The minimum absolute atomic E-state index is 0.308.